The van der Waals surface area contributed by atoms with Crippen molar-refractivity contribution in [1.82, 2.24) is 9.97 Å². The fourth-order valence-electron chi connectivity index (χ4n) is 2.86. The molecule has 0 bridgehead atoms. The van der Waals surface area contributed by atoms with E-state index in [9.17, 15) is 0 Å². The van der Waals surface area contributed by atoms with Gasteiger partial charge in [-0.05, 0) is 35.9 Å². The number of aryl methyl sites for hydroxylation is 1. The first kappa shape index (κ1) is 12.0. The maximum atomic E-state index is 4.61. The van der Waals surface area contributed by atoms with Crippen LogP contribution in [0.3, 0.4) is 0 Å². The molecule has 2 heteroatoms. The molecule has 4 aromatic rings. The molecule has 2 nitrogen and oxygen atoms in total. The summed E-state index contributed by atoms with van der Waals surface area (Å²) in [5.74, 6) is 0. The SMILES string of the molecule is Cc1cccc(-c2nccc3c2ccc2cnccc23)c1. The summed E-state index contributed by atoms with van der Waals surface area (Å²) in [5.41, 5.74) is 3.44. The van der Waals surface area contributed by atoms with Gasteiger partial charge in [0, 0.05) is 34.9 Å². The minimum Gasteiger partial charge on any atom is -0.264 e. The Bertz CT molecular complexity index is 958. The molecule has 0 aliphatic heterocycles. The van der Waals surface area contributed by atoms with E-state index in [2.05, 4.69) is 65.4 Å². The van der Waals surface area contributed by atoms with Crippen molar-refractivity contribution in [3.63, 3.8) is 0 Å². The van der Waals surface area contributed by atoms with Gasteiger partial charge in [0.05, 0.1) is 5.69 Å². The van der Waals surface area contributed by atoms with Gasteiger partial charge in [-0.3, -0.25) is 9.97 Å². The van der Waals surface area contributed by atoms with Crippen LogP contribution in [0, 0.1) is 6.92 Å². The molecule has 2 aromatic heterocycles. The molecule has 0 saturated heterocycles. The van der Waals surface area contributed by atoms with E-state index in [1.54, 1.807) is 0 Å². The summed E-state index contributed by atoms with van der Waals surface area (Å²) in [7, 11) is 0. The smallest absolute Gasteiger partial charge is 0.0780 e. The van der Waals surface area contributed by atoms with E-state index in [-0.39, 0.29) is 0 Å². The molecular weight excluding hydrogens is 256 g/mol. The van der Waals surface area contributed by atoms with Crippen LogP contribution in [0.5, 0.6) is 0 Å². The van der Waals surface area contributed by atoms with Gasteiger partial charge in [0.25, 0.3) is 0 Å². The Morgan fingerprint density at radius 1 is 0.810 bits per heavy atom. The van der Waals surface area contributed by atoms with Crippen molar-refractivity contribution in [1.29, 1.82) is 0 Å². The molecule has 0 fully saturated rings. The molecule has 0 N–H and O–H groups in total. The van der Waals surface area contributed by atoms with Crippen LogP contribution in [0.2, 0.25) is 0 Å². The van der Waals surface area contributed by atoms with E-state index in [1.165, 1.54) is 21.7 Å². The molecule has 2 aromatic carbocycles. The van der Waals surface area contributed by atoms with Crippen molar-refractivity contribution in [3.8, 4) is 11.3 Å². The highest BCUT2D eigenvalue weighted by Crippen LogP contribution is 2.31. The lowest BCUT2D eigenvalue weighted by atomic mass is 9.99. The summed E-state index contributed by atoms with van der Waals surface area (Å²) in [6.45, 7) is 2.11. The van der Waals surface area contributed by atoms with Crippen LogP contribution in [0.4, 0.5) is 0 Å². The summed E-state index contributed by atoms with van der Waals surface area (Å²) in [6, 6.07) is 16.9. The lowest BCUT2D eigenvalue weighted by Gasteiger charge is -2.09. The number of rotatable bonds is 1. The van der Waals surface area contributed by atoms with Crippen LogP contribution < -0.4 is 0 Å². The van der Waals surface area contributed by atoms with Crippen molar-refractivity contribution < 1.29 is 0 Å². The van der Waals surface area contributed by atoms with Crippen molar-refractivity contribution >= 4 is 21.5 Å². The molecule has 0 radical (unpaired) electrons. The van der Waals surface area contributed by atoms with Gasteiger partial charge in [-0.25, -0.2) is 0 Å². The van der Waals surface area contributed by atoms with E-state index < -0.39 is 0 Å². The number of hydrogen-bond acceptors (Lipinski definition) is 2. The van der Waals surface area contributed by atoms with Gasteiger partial charge >= 0.3 is 0 Å². The molecule has 0 amide bonds. The number of fused-ring (bicyclic) bond motifs is 3. The van der Waals surface area contributed by atoms with Crippen LogP contribution in [-0.2, 0) is 0 Å². The molecule has 100 valence electrons. The average Bonchev–Trinajstić information content (AvgIpc) is 2.54. The zero-order valence-corrected chi connectivity index (χ0v) is 11.7. The zero-order chi connectivity index (χ0) is 14.2. The largest absolute Gasteiger partial charge is 0.264 e. The first-order valence-corrected chi connectivity index (χ1v) is 7.01. The Balaban J connectivity index is 2.09. The van der Waals surface area contributed by atoms with Gasteiger partial charge in [-0.2, -0.15) is 0 Å². The van der Waals surface area contributed by atoms with Crippen molar-refractivity contribution in [3.05, 3.63) is 72.7 Å². The molecule has 2 heterocycles. The van der Waals surface area contributed by atoms with Crippen LogP contribution in [0.25, 0.3) is 32.8 Å². The number of benzene rings is 2. The number of pyridine rings is 2. The second-order valence-corrected chi connectivity index (χ2v) is 5.29. The van der Waals surface area contributed by atoms with Gasteiger partial charge in [0.1, 0.15) is 0 Å². The van der Waals surface area contributed by atoms with Crippen LogP contribution in [0.1, 0.15) is 5.56 Å². The Labute approximate surface area is 123 Å². The Morgan fingerprint density at radius 3 is 2.62 bits per heavy atom. The summed E-state index contributed by atoms with van der Waals surface area (Å²) in [5, 5.41) is 4.79. The maximum absolute atomic E-state index is 4.61. The Hall–Kier alpha value is -2.74. The molecule has 0 aliphatic rings. The fourth-order valence-corrected chi connectivity index (χ4v) is 2.86. The van der Waals surface area contributed by atoms with E-state index in [4.69, 9.17) is 0 Å². The Kier molecular flexibility index (Phi) is 2.68. The third-order valence-electron chi connectivity index (χ3n) is 3.85. The molecular formula is C19H14N2. The lowest BCUT2D eigenvalue weighted by molar-refractivity contribution is 1.34. The van der Waals surface area contributed by atoms with Gasteiger partial charge in [0.2, 0.25) is 0 Å². The van der Waals surface area contributed by atoms with Crippen molar-refractivity contribution in [2.75, 3.05) is 0 Å². The van der Waals surface area contributed by atoms with Gasteiger partial charge < -0.3 is 0 Å². The van der Waals surface area contributed by atoms with Crippen LogP contribution in [-0.4, -0.2) is 9.97 Å². The van der Waals surface area contributed by atoms with E-state index >= 15 is 0 Å². The molecule has 0 atom stereocenters. The standard InChI is InChI=1S/C19H14N2/c1-13-3-2-4-14(11-13)19-18-6-5-15-12-20-9-7-16(15)17(18)8-10-21-19/h2-12H,1H3. The molecule has 0 saturated carbocycles. The molecule has 0 unspecified atom stereocenters. The monoisotopic (exact) mass is 270 g/mol. The van der Waals surface area contributed by atoms with Crippen LogP contribution in [0.15, 0.2) is 67.1 Å². The van der Waals surface area contributed by atoms with E-state index in [1.807, 2.05) is 18.6 Å². The Morgan fingerprint density at radius 2 is 1.71 bits per heavy atom. The third kappa shape index (κ3) is 1.96. The van der Waals surface area contributed by atoms with E-state index in [0.29, 0.717) is 0 Å². The normalized spacial score (nSPS) is 11.1. The average molecular weight is 270 g/mol. The minimum absolute atomic E-state index is 1.04. The number of nitrogens with zero attached hydrogens (tertiary/aromatic N) is 2. The lowest BCUT2D eigenvalue weighted by Crippen LogP contribution is -1.88. The second-order valence-electron chi connectivity index (χ2n) is 5.29. The number of hydrogen-bond donors (Lipinski definition) is 0. The van der Waals surface area contributed by atoms with E-state index in [0.717, 1.165) is 16.6 Å². The maximum Gasteiger partial charge on any atom is 0.0780 e. The fraction of sp³-hybridized carbons (Fsp3) is 0.0526. The zero-order valence-electron chi connectivity index (χ0n) is 11.7. The summed E-state index contributed by atoms with van der Waals surface area (Å²) in [4.78, 5) is 8.81. The molecule has 4 rings (SSSR count). The van der Waals surface area contributed by atoms with Crippen molar-refractivity contribution in [2.24, 2.45) is 0 Å². The minimum atomic E-state index is 1.04. The third-order valence-corrected chi connectivity index (χ3v) is 3.85. The topological polar surface area (TPSA) is 25.8 Å². The summed E-state index contributed by atoms with van der Waals surface area (Å²) < 4.78 is 0. The number of aromatic nitrogens is 2. The summed E-state index contributed by atoms with van der Waals surface area (Å²) >= 11 is 0. The van der Waals surface area contributed by atoms with Crippen LogP contribution >= 0.6 is 0 Å². The van der Waals surface area contributed by atoms with Crippen molar-refractivity contribution in [2.45, 2.75) is 6.92 Å². The van der Waals surface area contributed by atoms with Gasteiger partial charge in [-0.15, -0.1) is 0 Å². The second kappa shape index (κ2) is 4.67. The molecule has 0 spiro atoms. The highest BCUT2D eigenvalue weighted by atomic mass is 14.7. The van der Waals surface area contributed by atoms with Gasteiger partial charge in [-0.1, -0.05) is 35.9 Å². The quantitative estimate of drug-likeness (QED) is 0.466. The first-order valence-electron chi connectivity index (χ1n) is 7.01. The predicted molar refractivity (Wildman–Crippen MR) is 87.2 cm³/mol. The predicted octanol–water partition coefficient (Wildman–Crippen LogP) is 4.76. The highest BCUT2D eigenvalue weighted by Gasteiger charge is 2.07. The first-order chi connectivity index (χ1) is 10.3. The molecule has 21 heavy (non-hydrogen) atoms. The van der Waals surface area contributed by atoms with Gasteiger partial charge in [0.15, 0.2) is 0 Å². The summed E-state index contributed by atoms with van der Waals surface area (Å²) in [6.07, 6.45) is 5.63. The highest BCUT2D eigenvalue weighted by molar-refractivity contribution is 6.10. The molecule has 0 aliphatic carbocycles.